The van der Waals surface area contributed by atoms with Gasteiger partial charge in [-0.25, -0.2) is 0 Å². The topological polar surface area (TPSA) is 22.1 Å². The zero-order valence-corrected chi connectivity index (χ0v) is 12.0. The Morgan fingerprint density at radius 1 is 1.18 bits per heavy atom. The van der Waals surface area contributed by atoms with Crippen LogP contribution in [-0.2, 0) is 12.6 Å². The van der Waals surface area contributed by atoms with E-state index in [1.807, 2.05) is 37.3 Å². The van der Waals surface area contributed by atoms with Crippen LogP contribution < -0.4 is 4.74 Å². The first-order valence-electron chi connectivity index (χ1n) is 6.83. The molecule has 0 aliphatic heterocycles. The van der Waals surface area contributed by atoms with Gasteiger partial charge in [0.1, 0.15) is 5.75 Å². The van der Waals surface area contributed by atoms with Gasteiger partial charge in [0.2, 0.25) is 0 Å². The van der Waals surface area contributed by atoms with Crippen LogP contribution in [0.2, 0.25) is 0 Å². The number of nitrogens with zero attached hydrogens (tertiary/aromatic N) is 1. The molecular formula is C17H15F3NO. The standard InChI is InChI=1S/C17H15F3NO/c1-2-22-16-8-6-13(7-9-16)4-3-5-15-12-14(10-11-21-15)17(18,19)20/h3-4,6-11H,2,5H2,1H3. The fourth-order valence-corrected chi connectivity index (χ4v) is 1.85. The van der Waals surface area contributed by atoms with Crippen molar-refractivity contribution >= 4 is 6.08 Å². The van der Waals surface area contributed by atoms with Crippen LogP contribution in [0.4, 0.5) is 13.2 Å². The van der Waals surface area contributed by atoms with E-state index in [0.717, 1.165) is 23.6 Å². The molecule has 1 radical (unpaired) electrons. The molecule has 2 aromatic rings. The minimum Gasteiger partial charge on any atom is -0.494 e. The summed E-state index contributed by atoms with van der Waals surface area (Å²) in [6, 6.07) is 10.7. The molecule has 0 spiro atoms. The Morgan fingerprint density at radius 2 is 1.91 bits per heavy atom. The predicted octanol–water partition coefficient (Wildman–Crippen LogP) is 4.56. The van der Waals surface area contributed by atoms with Gasteiger partial charge in [0, 0.05) is 18.7 Å². The molecule has 2 nitrogen and oxygen atoms in total. The van der Waals surface area contributed by atoms with Crippen molar-refractivity contribution in [2.45, 2.75) is 19.5 Å². The molecular weight excluding hydrogens is 291 g/mol. The molecule has 5 heteroatoms. The second kappa shape index (κ2) is 7.11. The van der Waals surface area contributed by atoms with Crippen LogP contribution in [0.5, 0.6) is 5.75 Å². The van der Waals surface area contributed by atoms with Gasteiger partial charge in [0.15, 0.2) is 0 Å². The zero-order valence-electron chi connectivity index (χ0n) is 12.0. The van der Waals surface area contributed by atoms with Crippen molar-refractivity contribution in [3.8, 4) is 5.75 Å². The van der Waals surface area contributed by atoms with Crippen molar-refractivity contribution in [1.29, 1.82) is 0 Å². The van der Waals surface area contributed by atoms with Gasteiger partial charge in [-0.15, -0.1) is 0 Å². The number of ether oxygens (including phenoxy) is 1. The molecule has 0 aliphatic rings. The van der Waals surface area contributed by atoms with Crippen molar-refractivity contribution in [2.24, 2.45) is 0 Å². The van der Waals surface area contributed by atoms with Crippen molar-refractivity contribution in [3.05, 3.63) is 65.5 Å². The highest BCUT2D eigenvalue weighted by molar-refractivity contribution is 5.50. The maximum absolute atomic E-state index is 12.6. The van der Waals surface area contributed by atoms with Gasteiger partial charge in [-0.05, 0) is 30.7 Å². The molecule has 0 aliphatic carbocycles. The summed E-state index contributed by atoms with van der Waals surface area (Å²) in [5, 5.41) is 0. The summed E-state index contributed by atoms with van der Waals surface area (Å²) < 4.78 is 43.0. The van der Waals surface area contributed by atoms with Crippen molar-refractivity contribution in [2.75, 3.05) is 6.61 Å². The molecule has 0 amide bonds. The van der Waals surface area contributed by atoms with E-state index in [1.54, 1.807) is 6.08 Å². The Bertz CT molecular complexity index is 633. The average molecular weight is 306 g/mol. The largest absolute Gasteiger partial charge is 0.494 e. The summed E-state index contributed by atoms with van der Waals surface area (Å²) in [6.07, 6.45) is 0.632. The number of hydrogen-bond donors (Lipinski definition) is 0. The molecule has 0 unspecified atom stereocenters. The van der Waals surface area contributed by atoms with Gasteiger partial charge in [0.25, 0.3) is 0 Å². The van der Waals surface area contributed by atoms with Crippen LogP contribution in [0.15, 0.2) is 42.6 Å². The SMILES string of the molecule is CCOc1ccc(C=CCc2[c]c(C(F)(F)F)ccn2)cc1. The van der Waals surface area contributed by atoms with Crippen molar-refractivity contribution in [1.82, 2.24) is 4.98 Å². The number of rotatable bonds is 5. The minimum absolute atomic E-state index is 0.261. The van der Waals surface area contributed by atoms with Crippen molar-refractivity contribution in [3.63, 3.8) is 0 Å². The lowest BCUT2D eigenvalue weighted by Crippen LogP contribution is -2.06. The van der Waals surface area contributed by atoms with E-state index in [0.29, 0.717) is 6.61 Å². The lowest BCUT2D eigenvalue weighted by molar-refractivity contribution is -0.137. The Morgan fingerprint density at radius 3 is 2.55 bits per heavy atom. The van der Waals surface area contributed by atoms with E-state index in [1.165, 1.54) is 0 Å². The molecule has 0 fully saturated rings. The summed E-state index contributed by atoms with van der Waals surface area (Å²) >= 11 is 0. The van der Waals surface area contributed by atoms with E-state index < -0.39 is 11.7 Å². The molecule has 0 atom stereocenters. The first kappa shape index (κ1) is 16.1. The van der Waals surface area contributed by atoms with E-state index in [9.17, 15) is 13.2 Å². The number of aromatic nitrogens is 1. The number of alkyl halides is 3. The summed E-state index contributed by atoms with van der Waals surface area (Å²) in [4.78, 5) is 3.90. The molecule has 1 aromatic carbocycles. The number of pyridine rings is 1. The molecule has 0 saturated heterocycles. The van der Waals surface area contributed by atoms with Gasteiger partial charge in [-0.3, -0.25) is 4.98 Å². The summed E-state index contributed by atoms with van der Waals surface area (Å²) in [7, 11) is 0. The highest BCUT2D eigenvalue weighted by atomic mass is 19.4. The molecule has 0 N–H and O–H groups in total. The number of allylic oxidation sites excluding steroid dienone is 1. The first-order valence-corrected chi connectivity index (χ1v) is 6.83. The first-order chi connectivity index (χ1) is 10.5. The van der Waals surface area contributed by atoms with Gasteiger partial charge >= 0.3 is 6.18 Å². The highest BCUT2D eigenvalue weighted by Gasteiger charge is 2.30. The Kier molecular flexibility index (Phi) is 5.20. The molecule has 22 heavy (non-hydrogen) atoms. The minimum atomic E-state index is -4.39. The number of hydrogen-bond acceptors (Lipinski definition) is 2. The van der Waals surface area contributed by atoms with E-state index in [-0.39, 0.29) is 12.1 Å². The monoisotopic (exact) mass is 306 g/mol. The van der Waals surface area contributed by atoms with Crippen LogP contribution in [0.1, 0.15) is 23.7 Å². The van der Waals surface area contributed by atoms with Crippen LogP contribution >= 0.6 is 0 Å². The quantitative estimate of drug-likeness (QED) is 0.808. The molecule has 0 bridgehead atoms. The smallest absolute Gasteiger partial charge is 0.417 e. The normalized spacial score (nSPS) is 11.8. The molecule has 1 aromatic heterocycles. The van der Waals surface area contributed by atoms with Gasteiger partial charge < -0.3 is 4.74 Å². The Hall–Kier alpha value is -2.30. The Balaban J connectivity index is 2.00. The van der Waals surface area contributed by atoms with E-state index >= 15 is 0 Å². The second-order valence-electron chi connectivity index (χ2n) is 4.54. The molecule has 115 valence electrons. The van der Waals surface area contributed by atoms with Gasteiger partial charge in [-0.1, -0.05) is 24.3 Å². The molecule has 1 heterocycles. The maximum Gasteiger partial charge on any atom is 0.417 e. The van der Waals surface area contributed by atoms with Crippen LogP contribution in [0, 0.1) is 6.07 Å². The molecule has 0 saturated carbocycles. The fourth-order valence-electron chi connectivity index (χ4n) is 1.85. The second-order valence-corrected chi connectivity index (χ2v) is 4.54. The maximum atomic E-state index is 12.6. The average Bonchev–Trinajstić information content (AvgIpc) is 2.49. The van der Waals surface area contributed by atoms with Crippen LogP contribution in [0.25, 0.3) is 6.08 Å². The molecule has 2 rings (SSSR count). The van der Waals surface area contributed by atoms with Crippen molar-refractivity contribution < 1.29 is 17.9 Å². The third kappa shape index (κ3) is 4.62. The number of benzene rings is 1. The third-order valence-corrected chi connectivity index (χ3v) is 2.87. The van der Waals surface area contributed by atoms with E-state index in [2.05, 4.69) is 11.1 Å². The lowest BCUT2D eigenvalue weighted by Gasteiger charge is -2.06. The van der Waals surface area contributed by atoms with Gasteiger partial charge in [-0.2, -0.15) is 13.2 Å². The fraction of sp³-hybridized carbons (Fsp3) is 0.235. The summed E-state index contributed by atoms with van der Waals surface area (Å²) in [5.41, 5.74) is 0.402. The van der Waals surface area contributed by atoms with E-state index in [4.69, 9.17) is 4.74 Å². The highest BCUT2D eigenvalue weighted by Crippen LogP contribution is 2.28. The van der Waals surface area contributed by atoms with Crippen LogP contribution in [-0.4, -0.2) is 11.6 Å². The number of halogens is 3. The summed E-state index contributed by atoms with van der Waals surface area (Å²) in [6.45, 7) is 2.51. The third-order valence-electron chi connectivity index (χ3n) is 2.87. The van der Waals surface area contributed by atoms with Gasteiger partial charge in [0.05, 0.1) is 17.9 Å². The predicted molar refractivity (Wildman–Crippen MR) is 78.4 cm³/mol. The summed E-state index contributed by atoms with van der Waals surface area (Å²) in [5.74, 6) is 0.785. The van der Waals surface area contributed by atoms with Crippen LogP contribution in [0.3, 0.4) is 0 Å². The Labute approximate surface area is 127 Å². The lowest BCUT2D eigenvalue weighted by atomic mass is 10.1. The zero-order chi connectivity index (χ0) is 16.0.